The maximum Gasteiger partial charge on any atom is 0.342 e. The number of nitrogens with one attached hydrogen (secondary N) is 2. The van der Waals surface area contributed by atoms with Gasteiger partial charge in [0.25, 0.3) is 0 Å². The zero-order valence-electron chi connectivity index (χ0n) is 11.7. The van der Waals surface area contributed by atoms with Crippen LogP contribution in [-0.4, -0.2) is 24.6 Å². The van der Waals surface area contributed by atoms with Crippen LogP contribution >= 0.6 is 0 Å². The number of nitrogens with zero attached hydrogens (tertiary/aromatic N) is 1. The van der Waals surface area contributed by atoms with Crippen molar-refractivity contribution in [2.45, 2.75) is 40.5 Å². The van der Waals surface area contributed by atoms with Gasteiger partial charge in [-0.3, -0.25) is 0 Å². The topological polar surface area (TPSA) is 91.3 Å². The van der Waals surface area contributed by atoms with E-state index in [4.69, 9.17) is 11.1 Å². The summed E-state index contributed by atoms with van der Waals surface area (Å²) < 4.78 is 0. The van der Waals surface area contributed by atoms with E-state index >= 15 is 0 Å². The fourth-order valence-electron chi connectivity index (χ4n) is 1.43. The van der Waals surface area contributed by atoms with E-state index in [0.29, 0.717) is 18.0 Å². The van der Waals surface area contributed by atoms with Crippen LogP contribution in [0.15, 0.2) is 16.1 Å². The number of hydrogen-bond donors (Lipinski definition) is 3. The lowest BCUT2D eigenvalue weighted by Crippen LogP contribution is -2.28. The average Bonchev–Trinajstić information content (AvgIpc) is 2.27. The van der Waals surface area contributed by atoms with Crippen LogP contribution in [-0.2, 0) is 0 Å². The van der Waals surface area contributed by atoms with Gasteiger partial charge in [-0.05, 0) is 19.3 Å². The smallest absolute Gasteiger partial charge is 0.342 e. The van der Waals surface area contributed by atoms with Crippen molar-refractivity contribution in [3.8, 4) is 0 Å². The average molecular weight is 252 g/mol. The second-order valence-electron chi connectivity index (χ2n) is 4.67. The Morgan fingerprint density at radius 3 is 2.56 bits per heavy atom. The second-order valence-corrected chi connectivity index (χ2v) is 4.67. The van der Waals surface area contributed by atoms with Crippen LogP contribution < -0.4 is 11.1 Å². The maximum absolute atomic E-state index is 11.5. The van der Waals surface area contributed by atoms with Gasteiger partial charge in [0.15, 0.2) is 0 Å². The molecule has 0 bridgehead atoms. The number of amidine groups is 1. The molecule has 0 aromatic carbocycles. The van der Waals surface area contributed by atoms with Crippen LogP contribution in [0, 0.1) is 11.3 Å². The summed E-state index contributed by atoms with van der Waals surface area (Å²) >= 11 is 0. The molecule has 0 aromatic rings. The number of urea groups is 1. The standard InChI is InChI=1S/C13H24N4O/c1-5-6-10(4)11(7-14)12(15)17-13(18)16-8-9(2)3/h7,9,14H,5-6,8H2,1-4H3,(H3,15,16,17,18)/b11-10+,14-7?. The molecule has 0 rings (SSSR count). The molecular formula is C13H24N4O. The van der Waals surface area contributed by atoms with Crippen LogP contribution in [0.4, 0.5) is 4.79 Å². The Labute approximate surface area is 109 Å². The fourth-order valence-corrected chi connectivity index (χ4v) is 1.43. The Hall–Kier alpha value is -1.65. The van der Waals surface area contributed by atoms with Gasteiger partial charge in [0.05, 0.1) is 0 Å². The van der Waals surface area contributed by atoms with Crippen molar-refractivity contribution in [2.75, 3.05) is 6.54 Å². The molecule has 0 aliphatic heterocycles. The Bertz CT molecular complexity index is 356. The molecule has 0 heterocycles. The van der Waals surface area contributed by atoms with Gasteiger partial charge in [0, 0.05) is 18.3 Å². The first kappa shape index (κ1) is 16.4. The Morgan fingerprint density at radius 2 is 2.11 bits per heavy atom. The summed E-state index contributed by atoms with van der Waals surface area (Å²) in [7, 11) is 0. The van der Waals surface area contributed by atoms with Crippen molar-refractivity contribution >= 4 is 18.1 Å². The molecule has 2 amide bonds. The highest BCUT2D eigenvalue weighted by Gasteiger charge is 2.07. The van der Waals surface area contributed by atoms with Gasteiger partial charge in [0.1, 0.15) is 5.84 Å². The molecule has 0 radical (unpaired) electrons. The minimum Gasteiger partial charge on any atom is -0.383 e. The molecular weight excluding hydrogens is 228 g/mol. The number of hydrogen-bond acceptors (Lipinski definition) is 2. The normalized spacial score (nSPS) is 13.3. The summed E-state index contributed by atoms with van der Waals surface area (Å²) in [5.41, 5.74) is 7.26. The molecule has 0 fully saturated rings. The number of carbonyl (C=O) groups is 1. The zero-order chi connectivity index (χ0) is 14.1. The summed E-state index contributed by atoms with van der Waals surface area (Å²) in [5.74, 6) is 0.474. The number of amides is 2. The van der Waals surface area contributed by atoms with Gasteiger partial charge in [0.2, 0.25) is 0 Å². The minimum atomic E-state index is -0.454. The Kier molecular flexibility index (Phi) is 7.67. The third-order valence-corrected chi connectivity index (χ3v) is 2.39. The van der Waals surface area contributed by atoms with E-state index in [0.717, 1.165) is 24.6 Å². The lowest BCUT2D eigenvalue weighted by Gasteiger charge is -2.07. The zero-order valence-corrected chi connectivity index (χ0v) is 11.7. The van der Waals surface area contributed by atoms with E-state index in [-0.39, 0.29) is 5.84 Å². The molecule has 102 valence electrons. The van der Waals surface area contributed by atoms with Crippen molar-refractivity contribution in [1.29, 1.82) is 5.41 Å². The van der Waals surface area contributed by atoms with E-state index in [1.807, 2.05) is 27.7 Å². The summed E-state index contributed by atoms with van der Waals surface area (Å²) in [5, 5.41) is 10.00. The monoisotopic (exact) mass is 252 g/mol. The second kappa shape index (κ2) is 8.44. The van der Waals surface area contributed by atoms with Gasteiger partial charge in [-0.1, -0.05) is 32.8 Å². The predicted octanol–water partition coefficient (Wildman–Crippen LogP) is 2.48. The molecule has 5 nitrogen and oxygen atoms in total. The summed E-state index contributed by atoms with van der Waals surface area (Å²) in [6, 6.07) is -0.454. The quantitative estimate of drug-likeness (QED) is 0.500. The van der Waals surface area contributed by atoms with Crippen molar-refractivity contribution in [2.24, 2.45) is 16.6 Å². The molecule has 0 saturated carbocycles. The van der Waals surface area contributed by atoms with Gasteiger partial charge in [-0.15, -0.1) is 0 Å². The van der Waals surface area contributed by atoms with Crippen molar-refractivity contribution in [3.05, 3.63) is 11.1 Å². The van der Waals surface area contributed by atoms with Crippen LogP contribution in [0.1, 0.15) is 40.5 Å². The van der Waals surface area contributed by atoms with E-state index < -0.39 is 6.03 Å². The predicted molar refractivity (Wildman–Crippen MR) is 76.3 cm³/mol. The lowest BCUT2D eigenvalue weighted by atomic mass is 10.1. The SMILES string of the molecule is CCC/C(C)=C(\C=N)C(N)=NC(=O)NCC(C)C. The molecule has 0 unspecified atom stereocenters. The fraction of sp³-hybridized carbons (Fsp3) is 0.615. The number of carbonyl (C=O) groups excluding carboxylic acids is 1. The molecule has 0 saturated heterocycles. The molecule has 18 heavy (non-hydrogen) atoms. The number of allylic oxidation sites excluding steroid dienone is 1. The highest BCUT2D eigenvalue weighted by molar-refractivity contribution is 6.16. The highest BCUT2D eigenvalue weighted by Crippen LogP contribution is 2.09. The maximum atomic E-state index is 11.5. The Morgan fingerprint density at radius 1 is 1.50 bits per heavy atom. The number of nitrogens with two attached hydrogens (primary N) is 1. The van der Waals surface area contributed by atoms with Crippen molar-refractivity contribution in [3.63, 3.8) is 0 Å². The van der Waals surface area contributed by atoms with E-state index in [1.54, 1.807) is 0 Å². The number of rotatable bonds is 6. The molecule has 0 aromatic heterocycles. The molecule has 4 N–H and O–H groups in total. The molecule has 0 aliphatic carbocycles. The first-order valence-electron chi connectivity index (χ1n) is 6.24. The van der Waals surface area contributed by atoms with Crippen LogP contribution in [0.2, 0.25) is 0 Å². The molecule has 0 spiro atoms. The summed E-state index contributed by atoms with van der Waals surface area (Å²) in [6.07, 6.45) is 2.96. The van der Waals surface area contributed by atoms with Gasteiger partial charge < -0.3 is 16.5 Å². The summed E-state index contributed by atoms with van der Waals surface area (Å²) in [6.45, 7) is 8.52. The summed E-state index contributed by atoms with van der Waals surface area (Å²) in [4.78, 5) is 15.2. The van der Waals surface area contributed by atoms with Crippen molar-refractivity contribution in [1.82, 2.24) is 5.32 Å². The minimum absolute atomic E-state index is 0.109. The van der Waals surface area contributed by atoms with Gasteiger partial charge >= 0.3 is 6.03 Å². The molecule has 5 heteroatoms. The van der Waals surface area contributed by atoms with E-state index in [9.17, 15) is 4.79 Å². The first-order valence-corrected chi connectivity index (χ1v) is 6.24. The third kappa shape index (κ3) is 6.18. The first-order chi connectivity index (χ1) is 8.42. The van der Waals surface area contributed by atoms with E-state index in [1.165, 1.54) is 0 Å². The largest absolute Gasteiger partial charge is 0.383 e. The molecule has 0 aliphatic rings. The number of aliphatic imine (C=N–C) groups is 1. The van der Waals surface area contributed by atoms with Gasteiger partial charge in [-0.2, -0.15) is 4.99 Å². The highest BCUT2D eigenvalue weighted by atomic mass is 16.2. The lowest BCUT2D eigenvalue weighted by molar-refractivity contribution is 0.248. The molecule has 0 atom stereocenters. The van der Waals surface area contributed by atoms with Crippen LogP contribution in [0.3, 0.4) is 0 Å². The Balaban J connectivity index is 4.78. The third-order valence-electron chi connectivity index (χ3n) is 2.39. The van der Waals surface area contributed by atoms with Crippen LogP contribution in [0.25, 0.3) is 0 Å². The van der Waals surface area contributed by atoms with Crippen LogP contribution in [0.5, 0.6) is 0 Å². The van der Waals surface area contributed by atoms with Gasteiger partial charge in [-0.25, -0.2) is 4.79 Å². The van der Waals surface area contributed by atoms with Crippen molar-refractivity contribution < 1.29 is 4.79 Å². The van der Waals surface area contributed by atoms with E-state index in [2.05, 4.69) is 10.3 Å².